The number of aromatic nitrogens is 2. The Balaban J connectivity index is 1.52. The number of hydrogen-bond acceptors (Lipinski definition) is 6. The summed E-state index contributed by atoms with van der Waals surface area (Å²) in [5.41, 5.74) is 1.95. The minimum atomic E-state index is -0.285. The van der Waals surface area contributed by atoms with E-state index in [0.717, 1.165) is 16.5 Å². The van der Waals surface area contributed by atoms with Gasteiger partial charge in [0.1, 0.15) is 11.5 Å². The third kappa shape index (κ3) is 5.10. The summed E-state index contributed by atoms with van der Waals surface area (Å²) in [6.07, 6.45) is 0.932. The first-order valence-electron chi connectivity index (χ1n) is 8.74. The van der Waals surface area contributed by atoms with Crippen LogP contribution in [0.25, 0.3) is 11.4 Å². The van der Waals surface area contributed by atoms with Crippen LogP contribution in [0.1, 0.15) is 18.4 Å². The highest BCUT2D eigenvalue weighted by Crippen LogP contribution is 2.26. The van der Waals surface area contributed by atoms with Crippen molar-refractivity contribution in [2.45, 2.75) is 19.9 Å². The summed E-state index contributed by atoms with van der Waals surface area (Å²) in [6, 6.07) is 13.1. The molecule has 1 amide bonds. The van der Waals surface area contributed by atoms with Gasteiger partial charge in [-0.05, 0) is 52.2 Å². The summed E-state index contributed by atoms with van der Waals surface area (Å²) in [7, 11) is 1.59. The minimum Gasteiger partial charge on any atom is -0.497 e. The molecule has 0 spiro atoms. The van der Waals surface area contributed by atoms with Gasteiger partial charge in [-0.15, -0.1) is 0 Å². The van der Waals surface area contributed by atoms with Crippen LogP contribution in [0, 0.1) is 0 Å². The third-order valence-corrected chi connectivity index (χ3v) is 4.62. The topological polar surface area (TPSA) is 86.5 Å². The second kappa shape index (κ2) is 9.36. The van der Waals surface area contributed by atoms with Crippen LogP contribution in [0.5, 0.6) is 11.5 Å². The molecule has 0 unspecified atom stereocenters. The first-order valence-corrected chi connectivity index (χ1v) is 9.53. The second-order valence-corrected chi connectivity index (χ2v) is 6.78. The van der Waals surface area contributed by atoms with E-state index in [0.29, 0.717) is 23.2 Å². The van der Waals surface area contributed by atoms with Crippen molar-refractivity contribution in [1.29, 1.82) is 0 Å². The fourth-order valence-corrected chi connectivity index (χ4v) is 3.00. The van der Waals surface area contributed by atoms with Gasteiger partial charge in [0.15, 0.2) is 6.61 Å². The molecule has 28 heavy (non-hydrogen) atoms. The van der Waals surface area contributed by atoms with E-state index in [-0.39, 0.29) is 19.1 Å². The maximum atomic E-state index is 12.0. The molecular formula is C20H20BrN3O4. The van der Waals surface area contributed by atoms with Crippen molar-refractivity contribution in [3.63, 3.8) is 0 Å². The molecule has 1 N–H and O–H groups in total. The quantitative estimate of drug-likeness (QED) is 0.567. The van der Waals surface area contributed by atoms with Gasteiger partial charge in [0.05, 0.1) is 18.1 Å². The molecule has 3 aromatic rings. The molecule has 2 aromatic carbocycles. The van der Waals surface area contributed by atoms with E-state index in [1.54, 1.807) is 7.11 Å². The van der Waals surface area contributed by atoms with Crippen molar-refractivity contribution in [2.24, 2.45) is 0 Å². The third-order valence-electron chi connectivity index (χ3n) is 4.00. The maximum absolute atomic E-state index is 12.0. The van der Waals surface area contributed by atoms with Crippen molar-refractivity contribution in [2.75, 3.05) is 13.7 Å². The summed E-state index contributed by atoms with van der Waals surface area (Å²) in [5, 5.41) is 6.63. The molecule has 0 atom stereocenters. The number of carbonyl (C=O) groups excluding carboxylic acids is 1. The van der Waals surface area contributed by atoms with Gasteiger partial charge in [0.25, 0.3) is 5.91 Å². The van der Waals surface area contributed by atoms with E-state index >= 15 is 0 Å². The van der Waals surface area contributed by atoms with E-state index in [1.165, 1.54) is 5.56 Å². The van der Waals surface area contributed by atoms with Crippen molar-refractivity contribution in [3.05, 3.63) is 58.4 Å². The van der Waals surface area contributed by atoms with Crippen LogP contribution in [-0.4, -0.2) is 29.8 Å². The van der Waals surface area contributed by atoms with Crippen LogP contribution in [-0.2, 0) is 17.8 Å². The number of rotatable bonds is 8. The Bertz CT molecular complexity index is 958. The zero-order valence-electron chi connectivity index (χ0n) is 15.6. The normalized spacial score (nSPS) is 10.5. The Morgan fingerprint density at radius 3 is 2.86 bits per heavy atom. The highest BCUT2D eigenvalue weighted by molar-refractivity contribution is 9.10. The Labute approximate surface area is 171 Å². The number of methoxy groups -OCH3 is 1. The Kier molecular flexibility index (Phi) is 6.65. The number of carbonyl (C=O) groups is 1. The summed E-state index contributed by atoms with van der Waals surface area (Å²) in [5.74, 6) is 1.77. The monoisotopic (exact) mass is 445 g/mol. The van der Waals surface area contributed by atoms with Gasteiger partial charge < -0.3 is 19.3 Å². The fourth-order valence-electron chi connectivity index (χ4n) is 2.46. The molecule has 1 aromatic heterocycles. The van der Waals surface area contributed by atoms with Gasteiger partial charge in [-0.2, -0.15) is 4.98 Å². The molecule has 0 radical (unpaired) electrons. The van der Waals surface area contributed by atoms with Crippen LogP contribution in [0.2, 0.25) is 0 Å². The zero-order valence-corrected chi connectivity index (χ0v) is 17.2. The average molecular weight is 446 g/mol. The highest BCUT2D eigenvalue weighted by Gasteiger charge is 2.11. The van der Waals surface area contributed by atoms with Crippen LogP contribution in [0.3, 0.4) is 0 Å². The number of ether oxygens (including phenoxy) is 2. The second-order valence-electron chi connectivity index (χ2n) is 5.93. The Morgan fingerprint density at radius 1 is 1.25 bits per heavy atom. The van der Waals surface area contributed by atoms with Gasteiger partial charge in [-0.3, -0.25) is 4.79 Å². The number of hydrogen-bond donors (Lipinski definition) is 1. The molecular weight excluding hydrogens is 426 g/mol. The lowest BCUT2D eigenvalue weighted by molar-refractivity contribution is -0.123. The average Bonchev–Trinajstić information content (AvgIpc) is 3.20. The molecule has 146 valence electrons. The highest BCUT2D eigenvalue weighted by atomic mass is 79.9. The van der Waals surface area contributed by atoms with E-state index in [9.17, 15) is 4.79 Å². The van der Waals surface area contributed by atoms with Crippen LogP contribution >= 0.6 is 15.9 Å². The lowest BCUT2D eigenvalue weighted by Crippen LogP contribution is -2.28. The molecule has 0 aliphatic carbocycles. The molecule has 0 bridgehead atoms. The predicted octanol–water partition coefficient (Wildman–Crippen LogP) is 3.77. The Hall–Kier alpha value is -2.87. The van der Waals surface area contributed by atoms with Gasteiger partial charge in [-0.1, -0.05) is 30.3 Å². The molecule has 0 saturated heterocycles. The summed E-state index contributed by atoms with van der Waals surface area (Å²) < 4.78 is 16.7. The standard InChI is InChI=1S/C20H20BrN3O4/c1-3-13-7-8-17(16(21)9-13)27-12-18(25)22-11-19-23-20(24-28-19)14-5-4-6-15(10-14)26-2/h4-10H,3,11-12H2,1-2H3,(H,22,25). The molecule has 0 aliphatic heterocycles. The molecule has 8 heteroatoms. The van der Waals surface area contributed by atoms with E-state index in [1.807, 2.05) is 42.5 Å². The largest absolute Gasteiger partial charge is 0.497 e. The number of aryl methyl sites for hydroxylation is 1. The van der Waals surface area contributed by atoms with Gasteiger partial charge >= 0.3 is 0 Å². The molecule has 0 aliphatic rings. The number of amides is 1. The Morgan fingerprint density at radius 2 is 2.11 bits per heavy atom. The van der Waals surface area contributed by atoms with Crippen LogP contribution < -0.4 is 14.8 Å². The number of halogens is 1. The van der Waals surface area contributed by atoms with Crippen LogP contribution in [0.4, 0.5) is 0 Å². The minimum absolute atomic E-state index is 0.110. The summed E-state index contributed by atoms with van der Waals surface area (Å²) in [6.45, 7) is 2.09. The van der Waals surface area contributed by atoms with Crippen molar-refractivity contribution in [3.8, 4) is 22.9 Å². The summed E-state index contributed by atoms with van der Waals surface area (Å²) >= 11 is 3.45. The van der Waals surface area contributed by atoms with Crippen molar-refractivity contribution < 1.29 is 18.8 Å². The molecule has 7 nitrogen and oxygen atoms in total. The maximum Gasteiger partial charge on any atom is 0.258 e. The molecule has 0 saturated carbocycles. The zero-order chi connectivity index (χ0) is 19.9. The van der Waals surface area contributed by atoms with Crippen molar-refractivity contribution in [1.82, 2.24) is 15.5 Å². The first-order chi connectivity index (χ1) is 13.6. The van der Waals surface area contributed by atoms with Gasteiger partial charge in [0, 0.05) is 5.56 Å². The lowest BCUT2D eigenvalue weighted by atomic mass is 10.2. The van der Waals surface area contributed by atoms with Gasteiger partial charge in [-0.25, -0.2) is 0 Å². The van der Waals surface area contributed by atoms with Gasteiger partial charge in [0.2, 0.25) is 11.7 Å². The van der Waals surface area contributed by atoms with Crippen LogP contribution in [0.15, 0.2) is 51.5 Å². The molecule has 3 rings (SSSR count). The predicted molar refractivity (Wildman–Crippen MR) is 107 cm³/mol. The molecule has 1 heterocycles. The lowest BCUT2D eigenvalue weighted by Gasteiger charge is -2.09. The molecule has 0 fully saturated rings. The number of nitrogens with zero attached hydrogens (tertiary/aromatic N) is 2. The smallest absolute Gasteiger partial charge is 0.258 e. The first kappa shape index (κ1) is 19.9. The number of nitrogens with one attached hydrogen (secondary N) is 1. The van der Waals surface area contributed by atoms with Crippen molar-refractivity contribution >= 4 is 21.8 Å². The van der Waals surface area contributed by atoms with E-state index in [4.69, 9.17) is 14.0 Å². The number of benzene rings is 2. The SMILES string of the molecule is CCc1ccc(OCC(=O)NCc2nc(-c3cccc(OC)c3)no2)c(Br)c1. The fraction of sp³-hybridized carbons (Fsp3) is 0.250. The van der Waals surface area contributed by atoms with E-state index in [2.05, 4.69) is 38.3 Å². The summed E-state index contributed by atoms with van der Waals surface area (Å²) in [4.78, 5) is 16.3. The van der Waals surface area contributed by atoms with E-state index < -0.39 is 0 Å².